The molecule has 0 bridgehead atoms. The third kappa shape index (κ3) is 3.36. The number of amides is 2. The summed E-state index contributed by atoms with van der Waals surface area (Å²) in [4.78, 5) is 41.1. The molecule has 2 atom stereocenters. The number of hydrogen-bond acceptors (Lipinski definition) is 5. The molecule has 0 spiro atoms. The Morgan fingerprint density at radius 2 is 2.06 bits per heavy atom. The van der Waals surface area contributed by atoms with Crippen molar-refractivity contribution in [2.45, 2.75) is 38.6 Å². The first kappa shape index (κ1) is 22.3. The van der Waals surface area contributed by atoms with E-state index in [1.807, 2.05) is 6.92 Å². The van der Waals surface area contributed by atoms with E-state index in [1.165, 1.54) is 32.4 Å². The summed E-state index contributed by atoms with van der Waals surface area (Å²) in [7, 11) is 2.84. The Bertz CT molecular complexity index is 1170. The number of halogens is 2. The van der Waals surface area contributed by atoms with Crippen molar-refractivity contribution in [3.05, 3.63) is 61.8 Å². The molecule has 4 rings (SSSR count). The Hall–Kier alpha value is -2.91. The van der Waals surface area contributed by atoms with E-state index < -0.39 is 23.4 Å². The maximum absolute atomic E-state index is 13.4. The van der Waals surface area contributed by atoms with Gasteiger partial charge in [-0.05, 0) is 37.5 Å². The average Bonchev–Trinajstić information content (AvgIpc) is 3.20. The number of ether oxygens (including phenoxy) is 2. The van der Waals surface area contributed by atoms with Crippen LogP contribution < -0.4 is 15.5 Å². The van der Waals surface area contributed by atoms with Crippen molar-refractivity contribution in [3.8, 4) is 5.75 Å². The summed E-state index contributed by atoms with van der Waals surface area (Å²) in [6, 6.07) is 3.88. The molecule has 3 heterocycles. The van der Waals surface area contributed by atoms with Crippen LogP contribution in [0, 0.1) is 5.82 Å². The minimum absolute atomic E-state index is 0.0500. The third-order valence-electron chi connectivity index (χ3n) is 6.03. The number of aromatic nitrogens is 1. The number of likely N-dealkylation sites (N-methyl/N-ethyl adjacent to an activating group) is 1. The van der Waals surface area contributed by atoms with Gasteiger partial charge in [0.25, 0.3) is 11.8 Å². The first-order chi connectivity index (χ1) is 15.3. The number of nitrogens with one attached hydrogen (secondary N) is 1. The van der Waals surface area contributed by atoms with Gasteiger partial charge in [-0.1, -0.05) is 17.7 Å². The molecule has 10 heteroatoms. The zero-order valence-electron chi connectivity index (χ0n) is 17.9. The summed E-state index contributed by atoms with van der Waals surface area (Å²) in [6.45, 7) is 2.29. The van der Waals surface area contributed by atoms with E-state index in [9.17, 15) is 18.8 Å². The fourth-order valence-corrected chi connectivity index (χ4v) is 4.83. The molecular weight excluding hydrogens is 441 g/mol. The fraction of sp³-hybridized carbons (Fsp3) is 0.409. The van der Waals surface area contributed by atoms with Gasteiger partial charge in [0.1, 0.15) is 11.4 Å². The molecule has 2 aliphatic rings. The second-order valence-corrected chi connectivity index (χ2v) is 8.06. The minimum atomic E-state index is -0.635. The molecule has 0 fully saturated rings. The quantitative estimate of drug-likeness (QED) is 0.711. The number of carbonyl (C=O) groups excluding carboxylic acids is 2. The van der Waals surface area contributed by atoms with E-state index >= 15 is 0 Å². The lowest BCUT2D eigenvalue weighted by atomic mass is 10.1. The van der Waals surface area contributed by atoms with Crippen molar-refractivity contribution in [1.82, 2.24) is 14.8 Å². The summed E-state index contributed by atoms with van der Waals surface area (Å²) in [5, 5.41) is 2.64. The summed E-state index contributed by atoms with van der Waals surface area (Å²) < 4.78 is 26.1. The SMILES string of the molecule is CCN1C(=O)c2c(OC)c(=O)c(C(=O)NCc3ccc(F)c(Cl)c3)c3n2[C@H](CC3)[C@H]1OC. The molecule has 0 unspecified atom stereocenters. The van der Waals surface area contributed by atoms with Crippen LogP contribution >= 0.6 is 11.6 Å². The Morgan fingerprint density at radius 3 is 2.69 bits per heavy atom. The average molecular weight is 464 g/mol. The zero-order chi connectivity index (χ0) is 23.2. The molecule has 2 aromatic rings. The normalized spacial score (nSPS) is 19.2. The smallest absolute Gasteiger partial charge is 0.276 e. The molecule has 1 N–H and O–H groups in total. The number of pyridine rings is 1. The van der Waals surface area contributed by atoms with Crippen molar-refractivity contribution in [3.63, 3.8) is 0 Å². The third-order valence-corrected chi connectivity index (χ3v) is 6.32. The molecule has 170 valence electrons. The number of nitrogens with zero attached hydrogens (tertiary/aromatic N) is 2. The molecular formula is C22H23ClFN3O5. The highest BCUT2D eigenvalue weighted by Crippen LogP contribution is 2.40. The number of carbonyl (C=O) groups is 2. The standard InChI is InChI=1S/C22H23ClFN3O5/c1-4-26-21(30)17-19(31-2)18(28)16(14-7-8-15(27(14)17)22(26)32-3)20(29)25-10-11-5-6-13(24)12(23)9-11/h5-6,9,15,22H,4,7-8,10H2,1-3H3,(H,25,29)/t15-,22-/m1/s1. The van der Waals surface area contributed by atoms with Crippen molar-refractivity contribution < 1.29 is 23.5 Å². The van der Waals surface area contributed by atoms with Crippen LogP contribution in [-0.2, 0) is 17.7 Å². The summed E-state index contributed by atoms with van der Waals surface area (Å²) >= 11 is 5.80. The van der Waals surface area contributed by atoms with Crippen LogP contribution in [0.1, 0.15) is 51.5 Å². The largest absolute Gasteiger partial charge is 0.491 e. The molecule has 0 saturated carbocycles. The lowest BCUT2D eigenvalue weighted by Crippen LogP contribution is -2.52. The first-order valence-corrected chi connectivity index (χ1v) is 10.6. The molecule has 32 heavy (non-hydrogen) atoms. The van der Waals surface area contributed by atoms with Gasteiger partial charge in [-0.15, -0.1) is 0 Å². The Kier molecular flexibility index (Phi) is 5.96. The Morgan fingerprint density at radius 1 is 1.31 bits per heavy atom. The number of methoxy groups -OCH3 is 2. The van der Waals surface area contributed by atoms with Crippen LogP contribution in [0.15, 0.2) is 23.0 Å². The van der Waals surface area contributed by atoms with E-state index in [2.05, 4.69) is 5.32 Å². The van der Waals surface area contributed by atoms with Crippen molar-refractivity contribution in [2.24, 2.45) is 0 Å². The fourth-order valence-electron chi connectivity index (χ4n) is 4.62. The van der Waals surface area contributed by atoms with E-state index in [1.54, 1.807) is 9.47 Å². The van der Waals surface area contributed by atoms with Gasteiger partial charge < -0.3 is 24.3 Å². The van der Waals surface area contributed by atoms with E-state index in [0.29, 0.717) is 30.6 Å². The molecule has 0 aliphatic carbocycles. The molecule has 2 amide bonds. The molecule has 0 radical (unpaired) electrons. The van der Waals surface area contributed by atoms with Gasteiger partial charge in [0, 0.05) is 25.9 Å². The highest BCUT2D eigenvalue weighted by atomic mass is 35.5. The van der Waals surface area contributed by atoms with Crippen molar-refractivity contribution in [2.75, 3.05) is 20.8 Å². The summed E-state index contributed by atoms with van der Waals surface area (Å²) in [5.74, 6) is -1.69. The van der Waals surface area contributed by atoms with Crippen LogP contribution in [0.5, 0.6) is 5.75 Å². The van der Waals surface area contributed by atoms with E-state index in [0.717, 1.165) is 0 Å². The van der Waals surface area contributed by atoms with Crippen LogP contribution in [-0.4, -0.2) is 48.3 Å². The van der Waals surface area contributed by atoms with Crippen molar-refractivity contribution in [1.29, 1.82) is 0 Å². The van der Waals surface area contributed by atoms with Gasteiger partial charge in [-0.3, -0.25) is 14.4 Å². The molecule has 1 aromatic heterocycles. The maximum atomic E-state index is 13.4. The highest BCUT2D eigenvalue weighted by molar-refractivity contribution is 6.30. The molecule has 0 saturated heterocycles. The summed E-state index contributed by atoms with van der Waals surface area (Å²) in [6.07, 6.45) is 0.536. The van der Waals surface area contributed by atoms with Crippen molar-refractivity contribution >= 4 is 23.4 Å². The van der Waals surface area contributed by atoms with Gasteiger partial charge in [0.05, 0.1) is 18.2 Å². The van der Waals surface area contributed by atoms with Gasteiger partial charge in [0.15, 0.2) is 17.7 Å². The van der Waals surface area contributed by atoms with Gasteiger partial charge in [0.2, 0.25) is 5.43 Å². The molecule has 1 aromatic carbocycles. The van der Waals surface area contributed by atoms with Crippen LogP contribution in [0.4, 0.5) is 4.39 Å². The number of benzene rings is 1. The number of rotatable bonds is 6. The second-order valence-electron chi connectivity index (χ2n) is 7.66. The number of hydrogen-bond donors (Lipinski definition) is 1. The first-order valence-electron chi connectivity index (χ1n) is 10.2. The van der Waals surface area contributed by atoms with E-state index in [-0.39, 0.29) is 40.5 Å². The summed E-state index contributed by atoms with van der Waals surface area (Å²) in [5.41, 5.74) is 0.513. The predicted octanol–water partition coefficient (Wildman–Crippen LogP) is 2.51. The Labute approximate surface area is 188 Å². The maximum Gasteiger partial charge on any atom is 0.276 e. The second kappa shape index (κ2) is 8.55. The minimum Gasteiger partial charge on any atom is -0.491 e. The van der Waals surface area contributed by atoms with Gasteiger partial charge in [-0.25, -0.2) is 4.39 Å². The lowest BCUT2D eigenvalue weighted by molar-refractivity contribution is -0.0573. The Balaban J connectivity index is 1.77. The van der Waals surface area contributed by atoms with E-state index in [4.69, 9.17) is 21.1 Å². The van der Waals surface area contributed by atoms with Crippen LogP contribution in [0.25, 0.3) is 0 Å². The van der Waals surface area contributed by atoms with Gasteiger partial charge in [-0.2, -0.15) is 0 Å². The monoisotopic (exact) mass is 463 g/mol. The molecule has 8 nitrogen and oxygen atoms in total. The topological polar surface area (TPSA) is 89.9 Å². The van der Waals surface area contributed by atoms with Crippen LogP contribution in [0.2, 0.25) is 5.02 Å². The predicted molar refractivity (Wildman–Crippen MR) is 115 cm³/mol. The lowest BCUT2D eigenvalue weighted by Gasteiger charge is -2.40. The molecule has 2 aliphatic heterocycles. The zero-order valence-corrected chi connectivity index (χ0v) is 18.7. The van der Waals surface area contributed by atoms with Crippen LogP contribution in [0.3, 0.4) is 0 Å². The highest BCUT2D eigenvalue weighted by Gasteiger charge is 2.46. The van der Waals surface area contributed by atoms with Gasteiger partial charge >= 0.3 is 0 Å².